The van der Waals surface area contributed by atoms with Gasteiger partial charge in [-0.3, -0.25) is 4.79 Å². The molecule has 0 atom stereocenters. The van der Waals surface area contributed by atoms with Crippen LogP contribution in [0.4, 0.5) is 5.69 Å². The normalized spacial score (nSPS) is 10.3. The minimum atomic E-state index is -0.265. The third-order valence-corrected chi connectivity index (χ3v) is 2.26. The quantitative estimate of drug-likeness (QED) is 0.589. The van der Waals surface area contributed by atoms with Crippen molar-refractivity contribution in [3.8, 4) is 5.75 Å². The van der Waals surface area contributed by atoms with Crippen LogP contribution in [0, 0.1) is 5.92 Å². The molecule has 4 heteroatoms. The molecular formula is C13H19NO3. The molecule has 1 aromatic rings. The lowest BCUT2D eigenvalue weighted by Crippen LogP contribution is -2.17. The summed E-state index contributed by atoms with van der Waals surface area (Å²) in [7, 11) is 0. The summed E-state index contributed by atoms with van der Waals surface area (Å²) in [6, 6.07) is 6.53. The SMILES string of the molecule is CC(C)CCOC(=O)CNc1ccc(O)cc1. The lowest BCUT2D eigenvalue weighted by Gasteiger charge is -2.08. The fourth-order valence-corrected chi connectivity index (χ4v) is 1.21. The molecule has 0 bridgehead atoms. The average Bonchev–Trinajstić information content (AvgIpc) is 2.28. The van der Waals surface area contributed by atoms with Gasteiger partial charge in [0.05, 0.1) is 6.61 Å². The van der Waals surface area contributed by atoms with Crippen LogP contribution in [-0.2, 0) is 9.53 Å². The predicted molar refractivity (Wildman–Crippen MR) is 67.0 cm³/mol. The maximum Gasteiger partial charge on any atom is 0.325 e. The van der Waals surface area contributed by atoms with Gasteiger partial charge in [0.15, 0.2) is 0 Å². The Morgan fingerprint density at radius 2 is 2.00 bits per heavy atom. The predicted octanol–water partition coefficient (Wildman–Crippen LogP) is 2.39. The molecule has 2 N–H and O–H groups in total. The summed E-state index contributed by atoms with van der Waals surface area (Å²) in [6.07, 6.45) is 0.880. The first-order chi connectivity index (χ1) is 8.08. The molecule has 0 aliphatic heterocycles. The molecule has 0 aliphatic carbocycles. The topological polar surface area (TPSA) is 58.6 Å². The molecule has 0 aliphatic rings. The highest BCUT2D eigenvalue weighted by Crippen LogP contribution is 2.13. The molecule has 1 rings (SSSR count). The zero-order valence-electron chi connectivity index (χ0n) is 10.3. The standard InChI is InChI=1S/C13H19NO3/c1-10(2)7-8-17-13(16)9-14-11-3-5-12(15)6-4-11/h3-6,10,14-15H,7-9H2,1-2H3. The second-order valence-electron chi connectivity index (χ2n) is 4.30. The highest BCUT2D eigenvalue weighted by atomic mass is 16.5. The number of carbonyl (C=O) groups is 1. The van der Waals surface area contributed by atoms with Crippen LogP contribution in [0.5, 0.6) is 5.75 Å². The number of phenolic OH excluding ortho intramolecular Hbond substituents is 1. The molecule has 4 nitrogen and oxygen atoms in total. The van der Waals surface area contributed by atoms with E-state index in [4.69, 9.17) is 9.84 Å². The molecule has 94 valence electrons. The zero-order valence-corrected chi connectivity index (χ0v) is 10.3. The van der Waals surface area contributed by atoms with Crippen LogP contribution in [0.1, 0.15) is 20.3 Å². The maximum absolute atomic E-state index is 11.3. The van der Waals surface area contributed by atoms with E-state index < -0.39 is 0 Å². The minimum absolute atomic E-state index is 0.142. The Morgan fingerprint density at radius 3 is 2.59 bits per heavy atom. The van der Waals surface area contributed by atoms with Crippen molar-refractivity contribution in [2.24, 2.45) is 5.92 Å². The van der Waals surface area contributed by atoms with Crippen molar-refractivity contribution in [2.75, 3.05) is 18.5 Å². The van der Waals surface area contributed by atoms with Gasteiger partial charge in [-0.1, -0.05) is 13.8 Å². The molecule has 0 spiro atoms. The van der Waals surface area contributed by atoms with Crippen LogP contribution in [0.3, 0.4) is 0 Å². The van der Waals surface area contributed by atoms with Gasteiger partial charge in [-0.25, -0.2) is 0 Å². The Hall–Kier alpha value is -1.71. The van der Waals surface area contributed by atoms with Gasteiger partial charge >= 0.3 is 5.97 Å². The van der Waals surface area contributed by atoms with Gasteiger partial charge in [-0.15, -0.1) is 0 Å². The third-order valence-electron chi connectivity index (χ3n) is 2.26. The smallest absolute Gasteiger partial charge is 0.325 e. The summed E-state index contributed by atoms with van der Waals surface area (Å²) in [6.45, 7) is 4.78. The molecule has 0 heterocycles. The number of aromatic hydroxyl groups is 1. The number of rotatable bonds is 6. The van der Waals surface area contributed by atoms with Gasteiger partial charge in [-0.2, -0.15) is 0 Å². The number of hydrogen-bond acceptors (Lipinski definition) is 4. The Balaban J connectivity index is 2.21. The summed E-state index contributed by atoms with van der Waals surface area (Å²) < 4.78 is 5.05. The number of ether oxygens (including phenoxy) is 1. The van der Waals surface area contributed by atoms with Crippen LogP contribution in [0.2, 0.25) is 0 Å². The molecule has 0 saturated heterocycles. The fourth-order valence-electron chi connectivity index (χ4n) is 1.21. The highest BCUT2D eigenvalue weighted by molar-refractivity contribution is 5.74. The first-order valence-electron chi connectivity index (χ1n) is 5.76. The molecule has 0 unspecified atom stereocenters. The summed E-state index contributed by atoms with van der Waals surface area (Å²) in [4.78, 5) is 11.3. The number of benzene rings is 1. The van der Waals surface area contributed by atoms with E-state index in [2.05, 4.69) is 19.2 Å². The summed E-state index contributed by atoms with van der Waals surface area (Å²) in [5.41, 5.74) is 0.781. The van der Waals surface area contributed by atoms with E-state index in [-0.39, 0.29) is 18.3 Å². The molecule has 0 saturated carbocycles. The van der Waals surface area contributed by atoms with Crippen LogP contribution in [-0.4, -0.2) is 24.2 Å². The molecule has 0 fully saturated rings. The summed E-state index contributed by atoms with van der Waals surface area (Å²) >= 11 is 0. The lowest BCUT2D eigenvalue weighted by atomic mass is 10.1. The summed E-state index contributed by atoms with van der Waals surface area (Å²) in [5.74, 6) is 0.474. The summed E-state index contributed by atoms with van der Waals surface area (Å²) in [5, 5.41) is 12.0. The van der Waals surface area contributed by atoms with Crippen molar-refractivity contribution in [2.45, 2.75) is 20.3 Å². The van der Waals surface area contributed by atoms with Gasteiger partial charge in [0.2, 0.25) is 0 Å². The van der Waals surface area contributed by atoms with Crippen LogP contribution < -0.4 is 5.32 Å². The first kappa shape index (κ1) is 13.4. The monoisotopic (exact) mass is 237 g/mol. The van der Waals surface area contributed by atoms with Crippen LogP contribution >= 0.6 is 0 Å². The minimum Gasteiger partial charge on any atom is -0.508 e. The molecule has 1 aromatic carbocycles. The van der Waals surface area contributed by atoms with Crippen LogP contribution in [0.15, 0.2) is 24.3 Å². The maximum atomic E-state index is 11.3. The second-order valence-corrected chi connectivity index (χ2v) is 4.30. The Labute approximate surface area is 102 Å². The van der Waals surface area contributed by atoms with E-state index in [0.717, 1.165) is 12.1 Å². The highest BCUT2D eigenvalue weighted by Gasteiger charge is 2.03. The molecule has 0 aromatic heterocycles. The van der Waals surface area contributed by atoms with Crippen LogP contribution in [0.25, 0.3) is 0 Å². The van der Waals surface area contributed by atoms with Gasteiger partial charge in [0.1, 0.15) is 12.3 Å². The fraction of sp³-hybridized carbons (Fsp3) is 0.462. The van der Waals surface area contributed by atoms with Gasteiger partial charge in [0, 0.05) is 5.69 Å². The van der Waals surface area contributed by atoms with Crippen molar-refractivity contribution in [1.82, 2.24) is 0 Å². The Kier molecular flexibility index (Phi) is 5.33. The molecule has 17 heavy (non-hydrogen) atoms. The van der Waals surface area contributed by atoms with Crippen molar-refractivity contribution in [1.29, 1.82) is 0 Å². The van der Waals surface area contributed by atoms with Crippen molar-refractivity contribution in [3.05, 3.63) is 24.3 Å². The number of phenols is 1. The van der Waals surface area contributed by atoms with E-state index in [0.29, 0.717) is 12.5 Å². The first-order valence-corrected chi connectivity index (χ1v) is 5.76. The average molecular weight is 237 g/mol. The number of carbonyl (C=O) groups excluding carboxylic acids is 1. The van der Waals surface area contributed by atoms with Gasteiger partial charge < -0.3 is 15.2 Å². The third kappa shape index (κ3) is 5.80. The van der Waals surface area contributed by atoms with Gasteiger partial charge in [-0.05, 0) is 36.6 Å². The Bertz CT molecular complexity index is 346. The van der Waals surface area contributed by atoms with Crippen molar-refractivity contribution < 1.29 is 14.6 Å². The molecular weight excluding hydrogens is 218 g/mol. The number of anilines is 1. The Morgan fingerprint density at radius 1 is 1.35 bits per heavy atom. The van der Waals surface area contributed by atoms with E-state index in [1.54, 1.807) is 24.3 Å². The van der Waals surface area contributed by atoms with Crippen molar-refractivity contribution >= 4 is 11.7 Å². The number of hydrogen-bond donors (Lipinski definition) is 2. The number of esters is 1. The second kappa shape index (κ2) is 6.78. The van der Waals surface area contributed by atoms with E-state index >= 15 is 0 Å². The van der Waals surface area contributed by atoms with Crippen molar-refractivity contribution in [3.63, 3.8) is 0 Å². The molecule has 0 amide bonds. The number of nitrogens with one attached hydrogen (secondary N) is 1. The largest absolute Gasteiger partial charge is 0.508 e. The zero-order chi connectivity index (χ0) is 12.7. The lowest BCUT2D eigenvalue weighted by molar-refractivity contribution is -0.141. The van der Waals surface area contributed by atoms with E-state index in [1.807, 2.05) is 0 Å². The molecule has 0 radical (unpaired) electrons. The van der Waals surface area contributed by atoms with E-state index in [9.17, 15) is 4.79 Å². The van der Waals surface area contributed by atoms with E-state index in [1.165, 1.54) is 0 Å². The van der Waals surface area contributed by atoms with Gasteiger partial charge in [0.25, 0.3) is 0 Å².